The van der Waals surface area contributed by atoms with Gasteiger partial charge in [-0.3, -0.25) is 14.3 Å². The second-order valence-corrected chi connectivity index (χ2v) is 7.37. The van der Waals surface area contributed by atoms with Crippen LogP contribution in [0.15, 0.2) is 77.7 Å². The van der Waals surface area contributed by atoms with E-state index < -0.39 is 5.91 Å². The molecule has 0 saturated heterocycles. The largest absolute Gasteiger partial charge is 0.494 e. The molecule has 2 heterocycles. The average Bonchev–Trinajstić information content (AvgIpc) is 3.04. The molecule has 0 spiro atoms. The molecular weight excluding hydrogens is 418 g/mol. The number of ether oxygens (including phenoxy) is 1. The average molecular weight is 444 g/mol. The molecule has 0 aliphatic heterocycles. The Labute approximate surface area is 191 Å². The SMILES string of the molecule is CCOc1ccc(Nc2ncccc2C(=O)Nc2c(C)n(C)n(-c3ccccc3)c2=O)cc1. The lowest BCUT2D eigenvalue weighted by molar-refractivity contribution is 0.102. The van der Waals surface area contributed by atoms with Crippen molar-refractivity contribution >= 4 is 23.1 Å². The summed E-state index contributed by atoms with van der Waals surface area (Å²) in [6, 6.07) is 20.0. The lowest BCUT2D eigenvalue weighted by Gasteiger charge is -2.11. The summed E-state index contributed by atoms with van der Waals surface area (Å²) >= 11 is 0. The van der Waals surface area contributed by atoms with E-state index in [1.165, 1.54) is 4.68 Å². The van der Waals surface area contributed by atoms with Crippen LogP contribution in [0.25, 0.3) is 5.69 Å². The normalized spacial score (nSPS) is 10.6. The summed E-state index contributed by atoms with van der Waals surface area (Å²) in [6.07, 6.45) is 1.60. The summed E-state index contributed by atoms with van der Waals surface area (Å²) in [5.41, 5.74) is 2.35. The maximum atomic E-state index is 13.2. The molecule has 168 valence electrons. The number of nitrogens with zero attached hydrogens (tertiary/aromatic N) is 3. The zero-order valence-electron chi connectivity index (χ0n) is 18.7. The highest BCUT2D eigenvalue weighted by atomic mass is 16.5. The lowest BCUT2D eigenvalue weighted by Crippen LogP contribution is -2.23. The highest BCUT2D eigenvalue weighted by molar-refractivity contribution is 6.08. The van der Waals surface area contributed by atoms with Crippen LogP contribution in [0, 0.1) is 6.92 Å². The Morgan fingerprint density at radius 3 is 2.45 bits per heavy atom. The van der Waals surface area contributed by atoms with Gasteiger partial charge in [-0.15, -0.1) is 0 Å². The number of rotatable bonds is 7. The van der Waals surface area contributed by atoms with E-state index in [0.717, 1.165) is 11.4 Å². The first kappa shape index (κ1) is 21.9. The summed E-state index contributed by atoms with van der Waals surface area (Å²) in [5.74, 6) is 0.718. The zero-order chi connectivity index (χ0) is 23.4. The van der Waals surface area contributed by atoms with Gasteiger partial charge < -0.3 is 15.4 Å². The molecule has 0 radical (unpaired) electrons. The van der Waals surface area contributed by atoms with Crippen LogP contribution in [0.4, 0.5) is 17.2 Å². The molecule has 0 saturated carbocycles. The molecule has 2 aromatic heterocycles. The molecule has 8 nitrogen and oxygen atoms in total. The number of hydrogen-bond donors (Lipinski definition) is 2. The molecule has 4 aromatic rings. The van der Waals surface area contributed by atoms with Crippen LogP contribution >= 0.6 is 0 Å². The van der Waals surface area contributed by atoms with Crippen LogP contribution in [0.1, 0.15) is 23.0 Å². The summed E-state index contributed by atoms with van der Waals surface area (Å²) in [5, 5.41) is 5.95. The van der Waals surface area contributed by atoms with Crippen molar-refractivity contribution in [3.8, 4) is 11.4 Å². The number of benzene rings is 2. The van der Waals surface area contributed by atoms with Crippen LogP contribution in [0.2, 0.25) is 0 Å². The molecule has 8 heteroatoms. The maximum Gasteiger partial charge on any atom is 0.295 e. The van der Waals surface area contributed by atoms with E-state index in [4.69, 9.17) is 4.74 Å². The van der Waals surface area contributed by atoms with Gasteiger partial charge in [0.2, 0.25) is 0 Å². The third-order valence-corrected chi connectivity index (χ3v) is 5.27. The molecule has 0 atom stereocenters. The van der Waals surface area contributed by atoms with Gasteiger partial charge in [0, 0.05) is 18.9 Å². The van der Waals surface area contributed by atoms with E-state index in [0.29, 0.717) is 29.4 Å². The first-order valence-corrected chi connectivity index (χ1v) is 10.6. The van der Waals surface area contributed by atoms with Crippen molar-refractivity contribution < 1.29 is 9.53 Å². The van der Waals surface area contributed by atoms with Crippen LogP contribution < -0.4 is 20.9 Å². The van der Waals surface area contributed by atoms with E-state index in [1.807, 2.05) is 61.5 Å². The lowest BCUT2D eigenvalue weighted by atomic mass is 10.2. The number of pyridine rings is 1. The van der Waals surface area contributed by atoms with E-state index in [9.17, 15) is 9.59 Å². The minimum atomic E-state index is -0.428. The minimum Gasteiger partial charge on any atom is -0.494 e. The van der Waals surface area contributed by atoms with Gasteiger partial charge in [-0.2, -0.15) is 0 Å². The highest BCUT2D eigenvalue weighted by Crippen LogP contribution is 2.22. The first-order chi connectivity index (χ1) is 16.0. The topological polar surface area (TPSA) is 90.2 Å². The van der Waals surface area contributed by atoms with Crippen molar-refractivity contribution in [3.05, 3.63) is 94.5 Å². The molecular formula is C25H25N5O3. The molecule has 0 unspecified atom stereocenters. The summed E-state index contributed by atoms with van der Waals surface area (Å²) in [6.45, 7) is 4.30. The standard InChI is InChI=1S/C25H25N5O3/c1-4-33-20-14-12-18(13-15-20)27-23-21(11-8-16-26-23)24(31)28-22-17(2)29(3)30(25(22)32)19-9-6-5-7-10-19/h5-16H,4H2,1-3H3,(H,26,27)(H,28,31). The second kappa shape index (κ2) is 9.44. The van der Waals surface area contributed by atoms with Crippen molar-refractivity contribution in [2.45, 2.75) is 13.8 Å². The Balaban J connectivity index is 1.61. The van der Waals surface area contributed by atoms with Gasteiger partial charge in [0.05, 0.1) is 23.6 Å². The van der Waals surface area contributed by atoms with E-state index in [-0.39, 0.29) is 11.2 Å². The Morgan fingerprint density at radius 1 is 1.03 bits per heavy atom. The van der Waals surface area contributed by atoms with Crippen molar-refractivity contribution in [2.75, 3.05) is 17.2 Å². The van der Waals surface area contributed by atoms with Gasteiger partial charge in [0.1, 0.15) is 17.3 Å². The monoisotopic (exact) mass is 443 g/mol. The van der Waals surface area contributed by atoms with E-state index in [2.05, 4.69) is 15.6 Å². The molecule has 0 fully saturated rings. The molecule has 0 bridgehead atoms. The fourth-order valence-electron chi connectivity index (χ4n) is 3.52. The van der Waals surface area contributed by atoms with E-state index in [1.54, 1.807) is 37.0 Å². The van der Waals surface area contributed by atoms with Crippen molar-refractivity contribution in [2.24, 2.45) is 7.05 Å². The molecule has 0 aliphatic carbocycles. The summed E-state index contributed by atoms with van der Waals surface area (Å²) in [4.78, 5) is 30.6. The zero-order valence-corrected chi connectivity index (χ0v) is 18.7. The van der Waals surface area contributed by atoms with Gasteiger partial charge in [0.25, 0.3) is 11.5 Å². The van der Waals surface area contributed by atoms with Gasteiger partial charge in [0.15, 0.2) is 0 Å². The molecule has 4 rings (SSSR count). The smallest absolute Gasteiger partial charge is 0.295 e. The third-order valence-electron chi connectivity index (χ3n) is 5.27. The molecule has 33 heavy (non-hydrogen) atoms. The van der Waals surface area contributed by atoms with Crippen molar-refractivity contribution in [1.82, 2.24) is 14.3 Å². The predicted molar refractivity (Wildman–Crippen MR) is 129 cm³/mol. The summed E-state index contributed by atoms with van der Waals surface area (Å²) in [7, 11) is 1.78. The number of aromatic nitrogens is 3. The van der Waals surface area contributed by atoms with E-state index >= 15 is 0 Å². The number of nitrogens with one attached hydrogen (secondary N) is 2. The quantitative estimate of drug-likeness (QED) is 0.445. The molecule has 2 aromatic carbocycles. The Kier molecular flexibility index (Phi) is 6.26. The second-order valence-electron chi connectivity index (χ2n) is 7.37. The first-order valence-electron chi connectivity index (χ1n) is 10.6. The van der Waals surface area contributed by atoms with Crippen LogP contribution in [0.3, 0.4) is 0 Å². The minimum absolute atomic E-state index is 0.224. The number of carbonyl (C=O) groups excluding carboxylic acids is 1. The molecule has 2 N–H and O–H groups in total. The van der Waals surface area contributed by atoms with Crippen LogP contribution in [-0.2, 0) is 7.05 Å². The Hall–Kier alpha value is -4.33. The van der Waals surface area contributed by atoms with Crippen LogP contribution in [-0.4, -0.2) is 26.9 Å². The maximum absolute atomic E-state index is 13.2. The number of amides is 1. The number of anilines is 3. The van der Waals surface area contributed by atoms with Gasteiger partial charge in [-0.1, -0.05) is 18.2 Å². The number of hydrogen-bond acceptors (Lipinski definition) is 5. The fraction of sp³-hybridized carbons (Fsp3) is 0.160. The Bertz CT molecular complexity index is 1320. The predicted octanol–water partition coefficient (Wildman–Crippen LogP) is 4.27. The fourth-order valence-corrected chi connectivity index (χ4v) is 3.52. The third kappa shape index (κ3) is 4.50. The van der Waals surface area contributed by atoms with Crippen molar-refractivity contribution in [1.29, 1.82) is 0 Å². The molecule has 1 amide bonds. The summed E-state index contributed by atoms with van der Waals surface area (Å²) < 4.78 is 8.70. The number of para-hydroxylation sites is 1. The van der Waals surface area contributed by atoms with Gasteiger partial charge in [-0.25, -0.2) is 9.67 Å². The number of carbonyl (C=O) groups is 1. The Morgan fingerprint density at radius 2 is 1.76 bits per heavy atom. The van der Waals surface area contributed by atoms with Crippen LogP contribution in [0.5, 0.6) is 5.75 Å². The highest BCUT2D eigenvalue weighted by Gasteiger charge is 2.20. The van der Waals surface area contributed by atoms with Gasteiger partial charge in [-0.05, 0) is 62.4 Å². The van der Waals surface area contributed by atoms with Gasteiger partial charge >= 0.3 is 0 Å². The van der Waals surface area contributed by atoms with Crippen molar-refractivity contribution in [3.63, 3.8) is 0 Å². The molecule has 0 aliphatic rings.